The fraction of sp³-hybridized carbons (Fsp3) is 0.458. The van der Waals surface area contributed by atoms with Crippen molar-refractivity contribution in [3.63, 3.8) is 0 Å². The van der Waals surface area contributed by atoms with Gasteiger partial charge in [-0.15, -0.1) is 10.2 Å². The van der Waals surface area contributed by atoms with Gasteiger partial charge in [0.05, 0.1) is 5.69 Å². The minimum atomic E-state index is -3.60. The molecule has 1 aliphatic heterocycles. The van der Waals surface area contributed by atoms with Crippen molar-refractivity contribution < 1.29 is 13.2 Å². The molecule has 11 heteroatoms. The molecule has 1 atom stereocenters. The highest BCUT2D eigenvalue weighted by Gasteiger charge is 2.33. The van der Waals surface area contributed by atoms with Crippen LogP contribution >= 0.6 is 11.6 Å². The summed E-state index contributed by atoms with van der Waals surface area (Å²) in [6.07, 6.45) is 6.47. The van der Waals surface area contributed by atoms with Gasteiger partial charge in [0.15, 0.2) is 0 Å². The quantitative estimate of drug-likeness (QED) is 0.539. The third kappa shape index (κ3) is 5.20. The highest BCUT2D eigenvalue weighted by molar-refractivity contribution is 7.87. The molecule has 35 heavy (non-hydrogen) atoms. The number of benzene rings is 1. The van der Waals surface area contributed by atoms with Crippen LogP contribution in [0.5, 0.6) is 5.88 Å². The number of pyridine rings is 1. The molecule has 186 valence electrons. The van der Waals surface area contributed by atoms with Crippen LogP contribution in [0.2, 0.25) is 5.02 Å². The van der Waals surface area contributed by atoms with Crippen LogP contribution < -0.4 is 9.46 Å². The first-order valence-corrected chi connectivity index (χ1v) is 13.6. The molecule has 3 heterocycles. The molecule has 0 radical (unpaired) electrons. The van der Waals surface area contributed by atoms with Gasteiger partial charge in [0.25, 0.3) is 10.2 Å². The fourth-order valence-corrected chi connectivity index (χ4v) is 5.90. The SMILES string of the molecule is CN(C)S(=O)(=O)NC1Cc2cc(Cl)ccc2-n2c(nnc2[C@H]2CC[C@H](Oc3ccccn3)CC2)C1. The van der Waals surface area contributed by atoms with Crippen molar-refractivity contribution in [2.75, 3.05) is 14.1 Å². The van der Waals surface area contributed by atoms with E-state index in [4.69, 9.17) is 16.3 Å². The predicted molar refractivity (Wildman–Crippen MR) is 133 cm³/mol. The Morgan fingerprint density at radius 3 is 2.60 bits per heavy atom. The monoisotopic (exact) mass is 516 g/mol. The highest BCUT2D eigenvalue weighted by Crippen LogP contribution is 2.37. The van der Waals surface area contributed by atoms with E-state index in [-0.39, 0.29) is 18.1 Å². The van der Waals surface area contributed by atoms with Crippen molar-refractivity contribution in [3.8, 4) is 11.6 Å². The number of nitrogens with zero attached hydrogens (tertiary/aromatic N) is 5. The lowest BCUT2D eigenvalue weighted by Gasteiger charge is -2.28. The van der Waals surface area contributed by atoms with Crippen molar-refractivity contribution in [2.24, 2.45) is 0 Å². The van der Waals surface area contributed by atoms with E-state index in [2.05, 4.69) is 24.5 Å². The first kappa shape index (κ1) is 24.2. The van der Waals surface area contributed by atoms with Crippen LogP contribution in [-0.4, -0.2) is 58.7 Å². The molecule has 1 fully saturated rings. The molecule has 9 nitrogen and oxygen atoms in total. The van der Waals surface area contributed by atoms with E-state index in [9.17, 15) is 8.42 Å². The first-order valence-electron chi connectivity index (χ1n) is 11.8. The van der Waals surface area contributed by atoms with Crippen molar-refractivity contribution >= 4 is 21.8 Å². The van der Waals surface area contributed by atoms with E-state index in [1.165, 1.54) is 18.4 Å². The topological polar surface area (TPSA) is 102 Å². The number of aromatic nitrogens is 4. The van der Waals surface area contributed by atoms with Crippen molar-refractivity contribution in [2.45, 2.75) is 56.6 Å². The maximum Gasteiger partial charge on any atom is 0.279 e. The number of rotatable bonds is 6. The average Bonchev–Trinajstić information content (AvgIpc) is 3.16. The molecule has 2 aromatic heterocycles. The molecule has 1 saturated carbocycles. The minimum absolute atomic E-state index is 0.128. The number of halogens is 1. The summed E-state index contributed by atoms with van der Waals surface area (Å²) in [6, 6.07) is 11.1. The molecule has 1 aliphatic carbocycles. The standard InChI is InChI=1S/C24H29ClN6O3S/c1-30(2)35(32,33)29-19-14-17-13-18(25)8-11-21(17)31-22(15-19)27-28-24(31)16-6-9-20(10-7-16)34-23-5-3-4-12-26-23/h3-5,8,11-13,16,19-20,29H,6-7,9-10,14-15H2,1-2H3/t16-,19?,20-. The summed E-state index contributed by atoms with van der Waals surface area (Å²) >= 11 is 6.33. The maximum absolute atomic E-state index is 12.5. The van der Waals surface area contributed by atoms with Crippen LogP contribution in [0.1, 0.15) is 48.8 Å². The summed E-state index contributed by atoms with van der Waals surface area (Å²) in [5.74, 6) is 2.55. The third-order valence-electron chi connectivity index (χ3n) is 6.69. The van der Waals surface area contributed by atoms with Gasteiger partial charge in [0.1, 0.15) is 17.8 Å². The van der Waals surface area contributed by atoms with Gasteiger partial charge < -0.3 is 4.74 Å². The summed E-state index contributed by atoms with van der Waals surface area (Å²) in [4.78, 5) is 4.27. The molecular weight excluding hydrogens is 488 g/mol. The Bertz CT molecular complexity index is 1290. The Balaban J connectivity index is 1.40. The fourth-order valence-electron chi connectivity index (χ4n) is 4.91. The predicted octanol–water partition coefficient (Wildman–Crippen LogP) is 3.28. The second-order valence-electron chi connectivity index (χ2n) is 9.35. The molecule has 2 aliphatic rings. The molecular formula is C24H29ClN6O3S. The minimum Gasteiger partial charge on any atom is -0.474 e. The average molecular weight is 517 g/mol. The Morgan fingerprint density at radius 2 is 1.89 bits per heavy atom. The maximum atomic E-state index is 12.5. The molecule has 5 rings (SSSR count). The van der Waals surface area contributed by atoms with E-state index in [1.807, 2.05) is 36.4 Å². The van der Waals surface area contributed by atoms with Crippen molar-refractivity contribution in [1.82, 2.24) is 28.8 Å². The van der Waals surface area contributed by atoms with Gasteiger partial charge in [-0.25, -0.2) is 4.98 Å². The summed E-state index contributed by atoms with van der Waals surface area (Å²) < 4.78 is 37.3. The normalized spacial score (nSPS) is 22.3. The Morgan fingerprint density at radius 1 is 1.09 bits per heavy atom. The lowest BCUT2D eigenvalue weighted by Crippen LogP contribution is -2.44. The van der Waals surface area contributed by atoms with E-state index in [0.29, 0.717) is 23.7 Å². The Kier molecular flexibility index (Phi) is 6.80. The molecule has 1 unspecified atom stereocenters. The van der Waals surface area contributed by atoms with Crippen molar-refractivity contribution in [3.05, 3.63) is 64.8 Å². The van der Waals surface area contributed by atoms with Gasteiger partial charge in [0, 0.05) is 49.8 Å². The van der Waals surface area contributed by atoms with Crippen LogP contribution in [0.4, 0.5) is 0 Å². The highest BCUT2D eigenvalue weighted by atomic mass is 35.5. The summed E-state index contributed by atoms with van der Waals surface area (Å²) in [7, 11) is -0.576. The van der Waals surface area contributed by atoms with Gasteiger partial charge >= 0.3 is 0 Å². The van der Waals surface area contributed by atoms with E-state index >= 15 is 0 Å². The second-order valence-corrected chi connectivity index (χ2v) is 11.7. The smallest absolute Gasteiger partial charge is 0.279 e. The van der Waals surface area contributed by atoms with Gasteiger partial charge in [-0.3, -0.25) is 4.57 Å². The summed E-state index contributed by atoms with van der Waals surface area (Å²) in [5.41, 5.74) is 1.93. The molecule has 1 N–H and O–H groups in total. The number of nitrogens with one attached hydrogen (secondary N) is 1. The molecule has 0 amide bonds. The van der Waals surface area contributed by atoms with Crippen LogP contribution in [0, 0.1) is 0 Å². The Hall–Kier alpha value is -2.53. The molecule has 0 saturated heterocycles. The van der Waals surface area contributed by atoms with Crippen LogP contribution in [0.25, 0.3) is 5.69 Å². The molecule has 3 aromatic rings. The third-order valence-corrected chi connectivity index (χ3v) is 8.52. The van der Waals surface area contributed by atoms with Gasteiger partial charge in [0.2, 0.25) is 5.88 Å². The van der Waals surface area contributed by atoms with E-state index in [1.54, 1.807) is 6.20 Å². The van der Waals surface area contributed by atoms with Gasteiger partial charge in [-0.1, -0.05) is 17.7 Å². The lowest BCUT2D eigenvalue weighted by molar-refractivity contribution is 0.139. The zero-order valence-electron chi connectivity index (χ0n) is 19.8. The molecule has 0 spiro atoms. The molecule has 1 aromatic carbocycles. The van der Waals surface area contributed by atoms with Crippen LogP contribution in [-0.2, 0) is 23.1 Å². The van der Waals surface area contributed by atoms with Gasteiger partial charge in [-0.05, 0) is 61.9 Å². The Labute approximate surface area is 210 Å². The summed E-state index contributed by atoms with van der Waals surface area (Å²) in [6.45, 7) is 0. The first-order chi connectivity index (χ1) is 16.8. The summed E-state index contributed by atoms with van der Waals surface area (Å²) in [5, 5.41) is 9.73. The van der Waals surface area contributed by atoms with Crippen LogP contribution in [0.3, 0.4) is 0 Å². The second kappa shape index (κ2) is 9.85. The van der Waals surface area contributed by atoms with E-state index in [0.717, 1.165) is 48.6 Å². The molecule has 0 bridgehead atoms. The number of hydrogen-bond donors (Lipinski definition) is 1. The van der Waals surface area contributed by atoms with Crippen LogP contribution in [0.15, 0.2) is 42.6 Å². The van der Waals surface area contributed by atoms with E-state index < -0.39 is 10.2 Å². The lowest BCUT2D eigenvalue weighted by atomic mass is 9.86. The number of fused-ring (bicyclic) bond motifs is 3. The van der Waals surface area contributed by atoms with Crippen molar-refractivity contribution in [1.29, 1.82) is 0 Å². The number of ether oxygens (including phenoxy) is 1. The number of hydrogen-bond acceptors (Lipinski definition) is 6. The zero-order valence-corrected chi connectivity index (χ0v) is 21.3. The van der Waals surface area contributed by atoms with Gasteiger partial charge in [-0.2, -0.15) is 17.4 Å². The zero-order chi connectivity index (χ0) is 24.6. The largest absolute Gasteiger partial charge is 0.474 e.